The van der Waals surface area contributed by atoms with Crippen molar-refractivity contribution in [2.75, 3.05) is 6.61 Å². The average Bonchev–Trinajstić information content (AvgIpc) is 2.47. The van der Waals surface area contributed by atoms with E-state index >= 15 is 0 Å². The Hall–Kier alpha value is -0.200. The van der Waals surface area contributed by atoms with Crippen LogP contribution in [0.25, 0.3) is 0 Å². The number of hydrogen-bond donors (Lipinski definition) is 2. The number of rotatable bonds is 1. The fourth-order valence-electron chi connectivity index (χ4n) is 1.76. The number of ether oxygens (including phenoxy) is 3. The molecule has 5 heteroatoms. The Bertz CT molecular complexity index is 208. The van der Waals surface area contributed by atoms with Gasteiger partial charge in [0.25, 0.3) is 0 Å². The number of aliphatic hydroxyl groups is 1. The van der Waals surface area contributed by atoms with Crippen LogP contribution < -0.4 is 5.73 Å². The van der Waals surface area contributed by atoms with Crippen LogP contribution in [0.1, 0.15) is 13.8 Å². The minimum Gasteiger partial charge on any atom is -0.394 e. The zero-order chi connectivity index (χ0) is 9.64. The van der Waals surface area contributed by atoms with Gasteiger partial charge in [0.15, 0.2) is 12.1 Å². The number of aliphatic hydroxyl groups excluding tert-OH is 1. The summed E-state index contributed by atoms with van der Waals surface area (Å²) in [5.74, 6) is -0.632. The highest BCUT2D eigenvalue weighted by Gasteiger charge is 2.53. The molecule has 2 saturated heterocycles. The molecule has 3 N–H and O–H groups in total. The number of nitrogens with two attached hydrogens (primary N) is 1. The Morgan fingerprint density at radius 1 is 1.38 bits per heavy atom. The van der Waals surface area contributed by atoms with Crippen molar-refractivity contribution in [2.24, 2.45) is 5.73 Å². The fourth-order valence-corrected chi connectivity index (χ4v) is 1.76. The van der Waals surface area contributed by atoms with Crippen LogP contribution in [0.4, 0.5) is 0 Å². The van der Waals surface area contributed by atoms with Crippen molar-refractivity contribution in [3.05, 3.63) is 0 Å². The van der Waals surface area contributed by atoms with E-state index in [1.807, 2.05) is 13.8 Å². The summed E-state index contributed by atoms with van der Waals surface area (Å²) < 4.78 is 16.3. The van der Waals surface area contributed by atoms with Crippen LogP contribution in [-0.2, 0) is 14.2 Å². The molecule has 2 aliphatic heterocycles. The van der Waals surface area contributed by atoms with Gasteiger partial charge in [-0.1, -0.05) is 0 Å². The molecule has 4 atom stereocenters. The maximum absolute atomic E-state index is 8.91. The van der Waals surface area contributed by atoms with Crippen molar-refractivity contribution in [1.82, 2.24) is 0 Å². The summed E-state index contributed by atoms with van der Waals surface area (Å²) in [4.78, 5) is 0. The summed E-state index contributed by atoms with van der Waals surface area (Å²) in [6.45, 7) is 3.53. The topological polar surface area (TPSA) is 73.9 Å². The van der Waals surface area contributed by atoms with Gasteiger partial charge in [-0.05, 0) is 13.8 Å². The first-order valence-corrected chi connectivity index (χ1v) is 4.41. The largest absolute Gasteiger partial charge is 0.394 e. The molecule has 0 aliphatic carbocycles. The predicted octanol–water partition coefficient (Wildman–Crippen LogP) is -0.818. The molecule has 76 valence electrons. The fraction of sp³-hybridized carbons (Fsp3) is 1.00. The van der Waals surface area contributed by atoms with Crippen molar-refractivity contribution in [3.63, 3.8) is 0 Å². The second-order valence-corrected chi connectivity index (χ2v) is 3.90. The van der Waals surface area contributed by atoms with Crippen LogP contribution in [0.15, 0.2) is 0 Å². The molecule has 0 radical (unpaired) electrons. The summed E-state index contributed by atoms with van der Waals surface area (Å²) in [6, 6.07) is -0.309. The zero-order valence-electron chi connectivity index (χ0n) is 7.77. The van der Waals surface area contributed by atoms with Crippen LogP contribution in [0, 0.1) is 0 Å². The highest BCUT2D eigenvalue weighted by molar-refractivity contribution is 4.95. The maximum atomic E-state index is 8.91. The Labute approximate surface area is 76.8 Å². The van der Waals surface area contributed by atoms with Gasteiger partial charge in [0.05, 0.1) is 12.6 Å². The Morgan fingerprint density at radius 2 is 2.08 bits per heavy atom. The van der Waals surface area contributed by atoms with Crippen LogP contribution in [0.2, 0.25) is 0 Å². The van der Waals surface area contributed by atoms with Gasteiger partial charge in [-0.3, -0.25) is 0 Å². The summed E-state index contributed by atoms with van der Waals surface area (Å²) >= 11 is 0. The van der Waals surface area contributed by atoms with Gasteiger partial charge in [-0.15, -0.1) is 0 Å². The van der Waals surface area contributed by atoms with Gasteiger partial charge in [0.2, 0.25) is 0 Å². The van der Waals surface area contributed by atoms with Gasteiger partial charge < -0.3 is 25.1 Å². The molecular formula is C8H15NO4. The molecule has 2 heterocycles. The maximum Gasteiger partial charge on any atom is 0.189 e. The molecule has 0 aromatic rings. The molecule has 0 amide bonds. The lowest BCUT2D eigenvalue weighted by Gasteiger charge is -2.22. The third-order valence-electron chi connectivity index (χ3n) is 2.39. The zero-order valence-corrected chi connectivity index (χ0v) is 7.77. The lowest BCUT2D eigenvalue weighted by Crippen LogP contribution is -2.42. The average molecular weight is 189 g/mol. The van der Waals surface area contributed by atoms with E-state index in [2.05, 4.69) is 0 Å². The second-order valence-electron chi connectivity index (χ2n) is 3.90. The van der Waals surface area contributed by atoms with Crippen molar-refractivity contribution in [2.45, 2.75) is 44.2 Å². The highest BCUT2D eigenvalue weighted by atomic mass is 16.8. The van der Waals surface area contributed by atoms with E-state index in [1.54, 1.807) is 0 Å². The van der Waals surface area contributed by atoms with Crippen LogP contribution in [-0.4, -0.2) is 42.0 Å². The number of hydrogen-bond acceptors (Lipinski definition) is 5. The molecule has 0 bridgehead atoms. The molecular weight excluding hydrogens is 174 g/mol. The minimum absolute atomic E-state index is 0.0959. The summed E-state index contributed by atoms with van der Waals surface area (Å²) in [5.41, 5.74) is 5.81. The summed E-state index contributed by atoms with van der Waals surface area (Å²) in [7, 11) is 0. The van der Waals surface area contributed by atoms with Gasteiger partial charge in [-0.25, -0.2) is 0 Å². The Balaban J connectivity index is 2.07. The van der Waals surface area contributed by atoms with E-state index in [-0.39, 0.29) is 24.9 Å². The van der Waals surface area contributed by atoms with Crippen LogP contribution in [0.5, 0.6) is 0 Å². The SMILES string of the molecule is CC1(C)O[C@@H]2O[C@@H](CO)[C@@H](N)[C@@H]2O1. The molecule has 0 aromatic carbocycles. The molecule has 2 rings (SSSR count). The quantitative estimate of drug-likeness (QED) is 0.564. The number of fused-ring (bicyclic) bond motifs is 1. The molecule has 0 aromatic heterocycles. The van der Waals surface area contributed by atoms with Crippen molar-refractivity contribution in [3.8, 4) is 0 Å². The lowest BCUT2D eigenvalue weighted by molar-refractivity contribution is -0.209. The van der Waals surface area contributed by atoms with Gasteiger partial charge in [0, 0.05) is 0 Å². The normalized spacial score (nSPS) is 48.0. The standard InChI is InChI=1S/C8H15NO4/c1-8(2)12-6-5(9)4(3-10)11-7(6)13-8/h4-7,10H,3,9H2,1-2H3/t4-,5+,6-,7-/m0/s1. The smallest absolute Gasteiger partial charge is 0.189 e. The minimum atomic E-state index is -0.632. The van der Waals surface area contributed by atoms with E-state index in [4.69, 9.17) is 25.1 Å². The van der Waals surface area contributed by atoms with E-state index in [1.165, 1.54) is 0 Å². The van der Waals surface area contributed by atoms with Crippen molar-refractivity contribution in [1.29, 1.82) is 0 Å². The van der Waals surface area contributed by atoms with Crippen LogP contribution >= 0.6 is 0 Å². The van der Waals surface area contributed by atoms with E-state index in [0.717, 1.165) is 0 Å². The lowest BCUT2D eigenvalue weighted by atomic mass is 10.1. The van der Waals surface area contributed by atoms with Crippen molar-refractivity contribution < 1.29 is 19.3 Å². The Morgan fingerprint density at radius 3 is 2.62 bits per heavy atom. The highest BCUT2D eigenvalue weighted by Crippen LogP contribution is 2.36. The van der Waals surface area contributed by atoms with Crippen molar-refractivity contribution >= 4 is 0 Å². The molecule has 2 fully saturated rings. The first-order chi connectivity index (χ1) is 6.03. The molecule has 5 nitrogen and oxygen atoms in total. The van der Waals surface area contributed by atoms with Gasteiger partial charge in [0.1, 0.15) is 12.2 Å². The summed E-state index contributed by atoms with van der Waals surface area (Å²) in [5, 5.41) is 8.91. The first kappa shape index (κ1) is 9.36. The summed E-state index contributed by atoms with van der Waals surface area (Å²) in [6.07, 6.45) is -1.06. The second kappa shape index (κ2) is 2.90. The Kier molecular flexibility index (Phi) is 2.08. The van der Waals surface area contributed by atoms with Crippen LogP contribution in [0.3, 0.4) is 0 Å². The molecule has 0 saturated carbocycles. The first-order valence-electron chi connectivity index (χ1n) is 4.41. The van der Waals surface area contributed by atoms with E-state index in [9.17, 15) is 0 Å². The third-order valence-corrected chi connectivity index (χ3v) is 2.39. The molecule has 0 spiro atoms. The van der Waals surface area contributed by atoms with E-state index in [0.29, 0.717) is 0 Å². The monoisotopic (exact) mass is 189 g/mol. The third kappa shape index (κ3) is 1.47. The predicted molar refractivity (Wildman–Crippen MR) is 43.8 cm³/mol. The van der Waals surface area contributed by atoms with Gasteiger partial charge in [-0.2, -0.15) is 0 Å². The molecule has 13 heavy (non-hydrogen) atoms. The van der Waals surface area contributed by atoms with Gasteiger partial charge >= 0.3 is 0 Å². The van der Waals surface area contributed by atoms with E-state index < -0.39 is 12.1 Å². The molecule has 0 unspecified atom stereocenters. The molecule has 2 aliphatic rings.